The van der Waals surface area contributed by atoms with Crippen molar-refractivity contribution in [3.05, 3.63) is 31.9 Å². The summed E-state index contributed by atoms with van der Waals surface area (Å²) < 4.78 is 26.0. The van der Waals surface area contributed by atoms with E-state index in [-0.39, 0.29) is 28.5 Å². The maximum absolute atomic E-state index is 13.4. The third-order valence-electron chi connectivity index (χ3n) is 7.09. The summed E-state index contributed by atoms with van der Waals surface area (Å²) in [5.74, 6) is 0.371. The lowest BCUT2D eigenvalue weighted by Crippen LogP contribution is -2.48. The van der Waals surface area contributed by atoms with Crippen LogP contribution >= 0.6 is 24.0 Å². The Hall–Kier alpha value is -2.20. The molecule has 3 saturated heterocycles. The van der Waals surface area contributed by atoms with E-state index in [1.54, 1.807) is 17.6 Å². The van der Waals surface area contributed by atoms with Crippen LogP contribution in [-0.4, -0.2) is 83.3 Å². The molecule has 1 atom stereocenters. The second kappa shape index (κ2) is 10.7. The van der Waals surface area contributed by atoms with Crippen LogP contribution in [0.2, 0.25) is 0 Å². The fraction of sp³-hybridized carbons (Fsp3) is 0.583. The third-order valence-corrected chi connectivity index (χ3v) is 10.2. The van der Waals surface area contributed by atoms with Crippen LogP contribution in [0.5, 0.6) is 0 Å². The Kier molecular flexibility index (Phi) is 7.95. The quantitative estimate of drug-likeness (QED) is 0.389. The standard InChI is InChI=1S/C24H31N5O4S3/c1-4-7-28-21(27-10-8-26(5-2)9-11-27)18(16(3)19(14-25)22(28)30)13-20-23(31)29(24(34)35-20)17-6-12-36(32,33)15-17/h13,17H,4-12,15H2,1-3H3/b20-13+. The Morgan fingerprint density at radius 1 is 1.19 bits per heavy atom. The van der Waals surface area contributed by atoms with E-state index in [2.05, 4.69) is 22.8 Å². The predicted octanol–water partition coefficient (Wildman–Crippen LogP) is 1.97. The van der Waals surface area contributed by atoms with Crippen molar-refractivity contribution < 1.29 is 13.2 Å². The maximum atomic E-state index is 13.4. The molecule has 4 rings (SSSR count). The molecule has 0 aromatic carbocycles. The maximum Gasteiger partial charge on any atom is 0.270 e. The number of anilines is 1. The number of carbonyl (C=O) groups is 1. The monoisotopic (exact) mass is 549 g/mol. The number of likely N-dealkylation sites (N-methyl/N-ethyl adjacent to an activating group) is 1. The first-order valence-corrected chi connectivity index (χ1v) is 15.3. The number of nitrogens with zero attached hydrogens (tertiary/aromatic N) is 5. The molecule has 4 heterocycles. The first kappa shape index (κ1) is 26.9. The van der Waals surface area contributed by atoms with Crippen LogP contribution < -0.4 is 10.5 Å². The molecule has 194 valence electrons. The van der Waals surface area contributed by atoms with E-state index < -0.39 is 15.9 Å². The highest BCUT2D eigenvalue weighted by Crippen LogP contribution is 2.38. The molecule has 3 aliphatic rings. The minimum atomic E-state index is -3.18. The number of thiocarbonyl (C=S) groups is 1. The molecule has 36 heavy (non-hydrogen) atoms. The van der Waals surface area contributed by atoms with Crippen LogP contribution in [0.3, 0.4) is 0 Å². The van der Waals surface area contributed by atoms with Gasteiger partial charge in [-0.15, -0.1) is 0 Å². The van der Waals surface area contributed by atoms with Gasteiger partial charge in [0.25, 0.3) is 11.5 Å². The van der Waals surface area contributed by atoms with Gasteiger partial charge < -0.3 is 9.80 Å². The smallest absolute Gasteiger partial charge is 0.270 e. The van der Waals surface area contributed by atoms with Crippen LogP contribution in [0.4, 0.5) is 5.82 Å². The van der Waals surface area contributed by atoms with Crippen molar-refractivity contribution in [1.82, 2.24) is 14.4 Å². The molecule has 12 heteroatoms. The summed E-state index contributed by atoms with van der Waals surface area (Å²) in [6, 6.07) is 1.61. The average Bonchev–Trinajstić information content (AvgIpc) is 3.34. The van der Waals surface area contributed by atoms with Crippen molar-refractivity contribution in [3.63, 3.8) is 0 Å². The second-order valence-corrected chi connectivity index (χ2v) is 13.2. The van der Waals surface area contributed by atoms with Crippen LogP contribution in [0, 0.1) is 18.3 Å². The molecule has 0 aliphatic carbocycles. The first-order valence-electron chi connectivity index (χ1n) is 12.2. The van der Waals surface area contributed by atoms with Gasteiger partial charge >= 0.3 is 0 Å². The highest BCUT2D eigenvalue weighted by molar-refractivity contribution is 8.26. The van der Waals surface area contributed by atoms with E-state index >= 15 is 0 Å². The molecule has 0 N–H and O–H groups in total. The Balaban J connectivity index is 1.82. The number of piperazine rings is 1. The van der Waals surface area contributed by atoms with Crippen LogP contribution in [-0.2, 0) is 21.2 Å². The Labute approximate surface area is 221 Å². The van der Waals surface area contributed by atoms with Crippen molar-refractivity contribution >= 4 is 55.9 Å². The number of amides is 1. The molecule has 1 unspecified atom stereocenters. The SMILES string of the molecule is CCCn1c(N2CCN(CC)CC2)c(/C=C2/SC(=S)N(C3CCS(=O)(=O)C3)C2=O)c(C)c(C#N)c1=O. The Morgan fingerprint density at radius 3 is 2.44 bits per heavy atom. The lowest BCUT2D eigenvalue weighted by atomic mass is 10.0. The zero-order valence-electron chi connectivity index (χ0n) is 20.8. The lowest BCUT2D eigenvalue weighted by molar-refractivity contribution is -0.123. The second-order valence-electron chi connectivity index (χ2n) is 9.34. The molecular formula is C24H31N5O4S3. The number of pyridine rings is 1. The molecule has 1 aromatic rings. The van der Waals surface area contributed by atoms with Gasteiger partial charge in [0.05, 0.1) is 22.5 Å². The third kappa shape index (κ3) is 4.98. The highest BCUT2D eigenvalue weighted by Gasteiger charge is 2.42. The predicted molar refractivity (Wildman–Crippen MR) is 147 cm³/mol. The molecule has 0 bridgehead atoms. The van der Waals surface area contributed by atoms with Gasteiger partial charge in [-0.1, -0.05) is 37.8 Å². The van der Waals surface area contributed by atoms with Crippen LogP contribution in [0.25, 0.3) is 6.08 Å². The number of nitriles is 1. The zero-order chi connectivity index (χ0) is 26.2. The number of rotatable bonds is 6. The number of thioether (sulfide) groups is 1. The summed E-state index contributed by atoms with van der Waals surface area (Å²) in [5.41, 5.74) is 0.967. The summed E-state index contributed by atoms with van der Waals surface area (Å²) in [6.07, 6.45) is 2.83. The van der Waals surface area contributed by atoms with Gasteiger partial charge in [-0.05, 0) is 37.9 Å². The number of carbonyl (C=O) groups excluding carboxylic acids is 1. The molecule has 1 amide bonds. The van der Waals surface area contributed by atoms with Gasteiger partial charge in [-0.2, -0.15) is 5.26 Å². The number of hydrogen-bond donors (Lipinski definition) is 0. The summed E-state index contributed by atoms with van der Waals surface area (Å²) in [6.45, 7) is 10.4. The summed E-state index contributed by atoms with van der Waals surface area (Å²) in [5, 5.41) is 9.81. The van der Waals surface area contributed by atoms with E-state index in [1.807, 2.05) is 6.92 Å². The van der Waals surface area contributed by atoms with E-state index in [0.29, 0.717) is 39.7 Å². The topological polar surface area (TPSA) is 107 Å². The molecule has 1 aromatic heterocycles. The molecule has 0 radical (unpaired) electrons. The van der Waals surface area contributed by atoms with Gasteiger partial charge in [-0.3, -0.25) is 19.1 Å². The van der Waals surface area contributed by atoms with Crippen LogP contribution in [0.15, 0.2) is 9.70 Å². The van der Waals surface area contributed by atoms with Crippen molar-refractivity contribution in [2.24, 2.45) is 0 Å². The summed E-state index contributed by atoms with van der Waals surface area (Å²) in [7, 11) is -3.18. The van der Waals surface area contributed by atoms with Crippen molar-refractivity contribution in [2.75, 3.05) is 49.1 Å². The van der Waals surface area contributed by atoms with Gasteiger partial charge in [0.1, 0.15) is 21.8 Å². The Morgan fingerprint density at radius 2 is 1.89 bits per heavy atom. The number of aromatic nitrogens is 1. The molecule has 3 fully saturated rings. The fourth-order valence-corrected chi connectivity index (χ4v) is 8.18. The van der Waals surface area contributed by atoms with Gasteiger partial charge in [0, 0.05) is 38.3 Å². The summed E-state index contributed by atoms with van der Waals surface area (Å²) in [4.78, 5) is 33.1. The minimum absolute atomic E-state index is 0.0499. The van der Waals surface area contributed by atoms with E-state index in [4.69, 9.17) is 12.2 Å². The first-order chi connectivity index (χ1) is 17.1. The summed E-state index contributed by atoms with van der Waals surface area (Å²) >= 11 is 6.63. The van der Waals surface area contributed by atoms with E-state index in [9.17, 15) is 23.3 Å². The largest absolute Gasteiger partial charge is 0.355 e. The van der Waals surface area contributed by atoms with E-state index in [1.165, 1.54) is 4.90 Å². The lowest BCUT2D eigenvalue weighted by Gasteiger charge is -2.37. The van der Waals surface area contributed by atoms with E-state index in [0.717, 1.165) is 50.3 Å². The minimum Gasteiger partial charge on any atom is -0.355 e. The van der Waals surface area contributed by atoms with Crippen molar-refractivity contribution in [1.29, 1.82) is 5.26 Å². The Bertz CT molecular complexity index is 1320. The highest BCUT2D eigenvalue weighted by atomic mass is 32.2. The van der Waals surface area contributed by atoms with Crippen molar-refractivity contribution in [3.8, 4) is 6.07 Å². The van der Waals surface area contributed by atoms with Crippen molar-refractivity contribution in [2.45, 2.75) is 46.2 Å². The fourth-order valence-electron chi connectivity index (χ4n) is 5.10. The average molecular weight is 550 g/mol. The molecule has 0 saturated carbocycles. The van der Waals surface area contributed by atoms with Crippen LogP contribution in [0.1, 0.15) is 43.4 Å². The van der Waals surface area contributed by atoms with Gasteiger partial charge in [0.15, 0.2) is 9.84 Å². The van der Waals surface area contributed by atoms with Gasteiger partial charge in [-0.25, -0.2) is 8.42 Å². The molecule has 3 aliphatic heterocycles. The normalized spacial score (nSPS) is 23.6. The van der Waals surface area contributed by atoms with Gasteiger partial charge in [0.2, 0.25) is 0 Å². The molecule has 0 spiro atoms. The number of sulfone groups is 1. The molecular weight excluding hydrogens is 518 g/mol. The molecule has 9 nitrogen and oxygen atoms in total. The number of hydrogen-bond acceptors (Lipinski definition) is 9. The zero-order valence-corrected chi connectivity index (χ0v) is 23.3.